The summed E-state index contributed by atoms with van der Waals surface area (Å²) in [7, 11) is 0. The minimum Gasteiger partial charge on any atom is -0.348 e. The van der Waals surface area contributed by atoms with Gasteiger partial charge in [0.1, 0.15) is 0 Å². The van der Waals surface area contributed by atoms with Crippen molar-refractivity contribution >= 4 is 23.3 Å². The van der Waals surface area contributed by atoms with E-state index in [0.29, 0.717) is 5.02 Å². The van der Waals surface area contributed by atoms with Gasteiger partial charge in [-0.2, -0.15) is 0 Å². The molecule has 4 N–H and O–H groups in total. The molecule has 0 saturated carbocycles. The van der Waals surface area contributed by atoms with Crippen LogP contribution in [0.2, 0.25) is 5.02 Å². The smallest absolute Gasteiger partial charge is 0.254 e. The fourth-order valence-corrected chi connectivity index (χ4v) is 1.86. The number of nitrogens with two attached hydrogens (primary N) is 1. The van der Waals surface area contributed by atoms with Crippen LogP contribution in [-0.2, 0) is 6.54 Å². The van der Waals surface area contributed by atoms with Gasteiger partial charge in [0.05, 0.1) is 5.56 Å². The van der Waals surface area contributed by atoms with Gasteiger partial charge in [0.15, 0.2) is 11.6 Å². The number of carbonyl (C=O) groups excluding carboxylic acids is 1. The second kappa shape index (κ2) is 6.31. The minimum absolute atomic E-state index is 0.130. The van der Waals surface area contributed by atoms with Gasteiger partial charge in [0, 0.05) is 17.8 Å². The summed E-state index contributed by atoms with van der Waals surface area (Å²) in [5.41, 5.74) is 2.78. The molecule has 0 unspecified atom stereocenters. The van der Waals surface area contributed by atoms with Gasteiger partial charge in [-0.3, -0.25) is 4.79 Å². The normalized spacial score (nSPS) is 10.2. The zero-order valence-electron chi connectivity index (χ0n) is 10.4. The number of pyridine rings is 1. The average molecular weight is 295 g/mol. The van der Waals surface area contributed by atoms with Crippen LogP contribution < -0.4 is 16.6 Å². The molecule has 2 aromatic rings. The molecule has 0 aliphatic rings. The van der Waals surface area contributed by atoms with Crippen molar-refractivity contribution in [2.24, 2.45) is 5.84 Å². The molecule has 20 heavy (non-hydrogen) atoms. The summed E-state index contributed by atoms with van der Waals surface area (Å²) in [6.07, 6.45) is 1.30. The maximum Gasteiger partial charge on any atom is 0.254 e. The summed E-state index contributed by atoms with van der Waals surface area (Å²) in [4.78, 5) is 15.6. The number of halogens is 2. The van der Waals surface area contributed by atoms with E-state index in [0.717, 1.165) is 5.56 Å². The van der Waals surface area contributed by atoms with Gasteiger partial charge in [-0.15, -0.1) is 0 Å². The summed E-state index contributed by atoms with van der Waals surface area (Å²) in [5, 5.41) is 3.17. The molecule has 0 saturated heterocycles. The van der Waals surface area contributed by atoms with E-state index < -0.39 is 11.7 Å². The largest absolute Gasteiger partial charge is 0.348 e. The first-order chi connectivity index (χ1) is 9.61. The van der Waals surface area contributed by atoms with Gasteiger partial charge in [0.2, 0.25) is 0 Å². The fourth-order valence-electron chi connectivity index (χ4n) is 1.64. The molecule has 0 aliphatic carbocycles. The van der Waals surface area contributed by atoms with E-state index in [1.165, 1.54) is 12.3 Å². The molecule has 7 heteroatoms. The maximum atomic E-state index is 13.8. The summed E-state index contributed by atoms with van der Waals surface area (Å²) in [5.74, 6) is 3.58. The van der Waals surface area contributed by atoms with Gasteiger partial charge in [0.25, 0.3) is 5.91 Å². The zero-order valence-corrected chi connectivity index (χ0v) is 11.1. The standard InChI is InChI=1S/C13H12ClFN4O/c14-9-3-1-2-8(6-9)7-18-13(20)10-4-5-17-12(19-16)11(10)15/h1-6H,7,16H2,(H,17,19)(H,18,20). The highest BCUT2D eigenvalue weighted by Crippen LogP contribution is 2.14. The number of hydrogen-bond donors (Lipinski definition) is 3. The van der Waals surface area contributed by atoms with Crippen molar-refractivity contribution in [3.05, 3.63) is 58.5 Å². The van der Waals surface area contributed by atoms with Crippen molar-refractivity contribution in [2.45, 2.75) is 6.54 Å². The van der Waals surface area contributed by atoms with Crippen molar-refractivity contribution in [1.82, 2.24) is 10.3 Å². The van der Waals surface area contributed by atoms with Gasteiger partial charge in [-0.25, -0.2) is 15.2 Å². The Morgan fingerprint density at radius 1 is 1.40 bits per heavy atom. The molecule has 1 aromatic heterocycles. The van der Waals surface area contributed by atoms with E-state index in [9.17, 15) is 9.18 Å². The molecular weight excluding hydrogens is 283 g/mol. The Hall–Kier alpha value is -2.18. The summed E-state index contributed by atoms with van der Waals surface area (Å²) >= 11 is 5.84. The molecule has 0 aliphatic heterocycles. The first-order valence-electron chi connectivity index (χ1n) is 5.75. The Balaban J connectivity index is 2.09. The molecule has 5 nitrogen and oxygen atoms in total. The number of anilines is 1. The van der Waals surface area contributed by atoms with Crippen molar-refractivity contribution in [1.29, 1.82) is 0 Å². The lowest BCUT2D eigenvalue weighted by molar-refractivity contribution is 0.0947. The van der Waals surface area contributed by atoms with Crippen LogP contribution in [-0.4, -0.2) is 10.9 Å². The van der Waals surface area contributed by atoms with Crippen LogP contribution in [0.15, 0.2) is 36.5 Å². The Labute approximate surface area is 119 Å². The Kier molecular flexibility index (Phi) is 4.49. The van der Waals surface area contributed by atoms with E-state index in [2.05, 4.69) is 15.7 Å². The summed E-state index contributed by atoms with van der Waals surface area (Å²) < 4.78 is 13.8. The van der Waals surface area contributed by atoms with Crippen LogP contribution in [0.4, 0.5) is 10.2 Å². The molecule has 1 aromatic carbocycles. The van der Waals surface area contributed by atoms with Crippen LogP contribution in [0.25, 0.3) is 0 Å². The number of carbonyl (C=O) groups is 1. The van der Waals surface area contributed by atoms with Crippen LogP contribution >= 0.6 is 11.6 Å². The minimum atomic E-state index is -0.793. The van der Waals surface area contributed by atoms with Gasteiger partial charge in [-0.1, -0.05) is 23.7 Å². The summed E-state index contributed by atoms with van der Waals surface area (Å²) in [6, 6.07) is 8.31. The molecule has 0 bridgehead atoms. The van der Waals surface area contributed by atoms with Crippen LogP contribution in [0.5, 0.6) is 0 Å². The number of hydrazine groups is 1. The number of nitrogen functional groups attached to an aromatic ring is 1. The highest BCUT2D eigenvalue weighted by Gasteiger charge is 2.15. The summed E-state index contributed by atoms with van der Waals surface area (Å²) in [6.45, 7) is 0.243. The predicted molar refractivity (Wildman–Crippen MR) is 74.6 cm³/mol. The molecular formula is C13H12ClFN4O. The van der Waals surface area contributed by atoms with Gasteiger partial charge in [-0.05, 0) is 23.8 Å². The van der Waals surface area contributed by atoms with Crippen LogP contribution in [0.1, 0.15) is 15.9 Å². The molecule has 2 rings (SSSR count). The number of hydrogen-bond acceptors (Lipinski definition) is 4. The Morgan fingerprint density at radius 3 is 2.90 bits per heavy atom. The van der Waals surface area contributed by atoms with E-state index in [1.807, 2.05) is 6.07 Å². The third-order valence-corrected chi connectivity index (χ3v) is 2.85. The fraction of sp³-hybridized carbons (Fsp3) is 0.0769. The topological polar surface area (TPSA) is 80.0 Å². The second-order valence-corrected chi connectivity index (χ2v) is 4.41. The lowest BCUT2D eigenvalue weighted by atomic mass is 10.2. The highest BCUT2D eigenvalue weighted by molar-refractivity contribution is 6.30. The van der Waals surface area contributed by atoms with Gasteiger partial charge >= 0.3 is 0 Å². The van der Waals surface area contributed by atoms with Gasteiger partial charge < -0.3 is 10.7 Å². The molecule has 1 amide bonds. The maximum absolute atomic E-state index is 13.8. The average Bonchev–Trinajstić information content (AvgIpc) is 2.45. The van der Waals surface area contributed by atoms with Crippen molar-refractivity contribution in [3.8, 4) is 0 Å². The number of aromatic nitrogens is 1. The number of amides is 1. The first kappa shape index (κ1) is 14.2. The zero-order chi connectivity index (χ0) is 14.5. The third kappa shape index (κ3) is 3.23. The first-order valence-corrected chi connectivity index (χ1v) is 6.13. The number of nitrogens with one attached hydrogen (secondary N) is 2. The van der Waals surface area contributed by atoms with Crippen LogP contribution in [0.3, 0.4) is 0 Å². The van der Waals surface area contributed by atoms with Crippen molar-refractivity contribution in [2.75, 3.05) is 5.43 Å². The lowest BCUT2D eigenvalue weighted by Crippen LogP contribution is -2.24. The highest BCUT2D eigenvalue weighted by atomic mass is 35.5. The molecule has 0 radical (unpaired) electrons. The molecule has 0 fully saturated rings. The number of benzene rings is 1. The predicted octanol–water partition coefficient (Wildman–Crippen LogP) is 2.09. The van der Waals surface area contributed by atoms with E-state index >= 15 is 0 Å². The molecule has 104 valence electrons. The Bertz CT molecular complexity index is 636. The number of nitrogens with zero attached hydrogens (tertiary/aromatic N) is 1. The molecule has 1 heterocycles. The van der Waals surface area contributed by atoms with E-state index in [4.69, 9.17) is 17.4 Å². The van der Waals surface area contributed by atoms with E-state index in [1.54, 1.807) is 18.2 Å². The monoisotopic (exact) mass is 294 g/mol. The molecule has 0 spiro atoms. The number of rotatable bonds is 4. The quantitative estimate of drug-likeness (QED) is 0.596. The third-order valence-electron chi connectivity index (χ3n) is 2.61. The second-order valence-electron chi connectivity index (χ2n) is 3.98. The lowest BCUT2D eigenvalue weighted by Gasteiger charge is -2.08. The van der Waals surface area contributed by atoms with Crippen molar-refractivity contribution < 1.29 is 9.18 Å². The van der Waals surface area contributed by atoms with E-state index in [-0.39, 0.29) is 17.9 Å². The van der Waals surface area contributed by atoms with Crippen LogP contribution in [0, 0.1) is 5.82 Å². The molecule has 0 atom stereocenters. The SMILES string of the molecule is NNc1nccc(C(=O)NCc2cccc(Cl)c2)c1F. The van der Waals surface area contributed by atoms with Crippen molar-refractivity contribution in [3.63, 3.8) is 0 Å². The Morgan fingerprint density at radius 2 is 2.20 bits per heavy atom.